The molecule has 1 saturated heterocycles. The summed E-state index contributed by atoms with van der Waals surface area (Å²) in [5.41, 5.74) is 1.99. The number of benzene rings is 1. The lowest BCUT2D eigenvalue weighted by Gasteiger charge is -2.19. The standard InChI is InChI=1S/C14H20N2O3/c1-19-10-13(14(17)18)15-11-4-6-12(7-5-11)16-8-2-3-9-16/h4-7,13,15H,2-3,8-10H2,1H3,(H,17,18). The van der Waals surface area contributed by atoms with Gasteiger partial charge in [0.05, 0.1) is 6.61 Å². The summed E-state index contributed by atoms with van der Waals surface area (Å²) in [6.45, 7) is 2.35. The number of anilines is 2. The first-order valence-electron chi connectivity index (χ1n) is 6.54. The van der Waals surface area contributed by atoms with Crippen molar-refractivity contribution in [2.75, 3.05) is 37.0 Å². The summed E-state index contributed by atoms with van der Waals surface area (Å²) in [4.78, 5) is 13.4. The molecule has 2 N–H and O–H groups in total. The Hall–Kier alpha value is -1.75. The van der Waals surface area contributed by atoms with Crippen LogP contribution >= 0.6 is 0 Å². The molecule has 19 heavy (non-hydrogen) atoms. The van der Waals surface area contributed by atoms with E-state index in [1.165, 1.54) is 25.6 Å². The number of methoxy groups -OCH3 is 1. The van der Waals surface area contributed by atoms with Crippen LogP contribution in [-0.2, 0) is 9.53 Å². The third-order valence-electron chi connectivity index (χ3n) is 3.31. The van der Waals surface area contributed by atoms with Gasteiger partial charge in [0.1, 0.15) is 6.04 Å². The van der Waals surface area contributed by atoms with Crippen LogP contribution in [0.25, 0.3) is 0 Å². The molecule has 0 bridgehead atoms. The summed E-state index contributed by atoms with van der Waals surface area (Å²) in [6.07, 6.45) is 2.49. The van der Waals surface area contributed by atoms with E-state index in [4.69, 9.17) is 9.84 Å². The highest BCUT2D eigenvalue weighted by Gasteiger charge is 2.17. The van der Waals surface area contributed by atoms with E-state index in [1.807, 2.05) is 24.3 Å². The third kappa shape index (κ3) is 3.61. The summed E-state index contributed by atoms with van der Waals surface area (Å²) in [7, 11) is 1.49. The molecule has 0 saturated carbocycles. The van der Waals surface area contributed by atoms with E-state index in [0.29, 0.717) is 0 Å². The average Bonchev–Trinajstić information content (AvgIpc) is 2.93. The van der Waals surface area contributed by atoms with Gasteiger partial charge in [-0.1, -0.05) is 0 Å². The molecule has 5 nitrogen and oxygen atoms in total. The Balaban J connectivity index is 1.99. The minimum Gasteiger partial charge on any atom is -0.480 e. The molecular formula is C14H20N2O3. The molecule has 0 spiro atoms. The van der Waals surface area contributed by atoms with E-state index in [9.17, 15) is 4.79 Å². The monoisotopic (exact) mass is 264 g/mol. The van der Waals surface area contributed by atoms with Gasteiger partial charge in [-0.15, -0.1) is 0 Å². The predicted octanol–water partition coefficient (Wildman–Crippen LogP) is 1.80. The highest BCUT2D eigenvalue weighted by Crippen LogP contribution is 2.22. The topological polar surface area (TPSA) is 61.8 Å². The van der Waals surface area contributed by atoms with E-state index < -0.39 is 12.0 Å². The SMILES string of the molecule is COCC(Nc1ccc(N2CCCC2)cc1)C(=O)O. The van der Waals surface area contributed by atoms with Crippen molar-refractivity contribution in [1.29, 1.82) is 0 Å². The van der Waals surface area contributed by atoms with Crippen molar-refractivity contribution in [3.63, 3.8) is 0 Å². The zero-order chi connectivity index (χ0) is 13.7. The maximum atomic E-state index is 11.0. The van der Waals surface area contributed by atoms with Crippen LogP contribution in [0.4, 0.5) is 11.4 Å². The smallest absolute Gasteiger partial charge is 0.328 e. The van der Waals surface area contributed by atoms with Crippen LogP contribution in [0, 0.1) is 0 Å². The number of rotatable bonds is 6. The van der Waals surface area contributed by atoms with Gasteiger partial charge >= 0.3 is 5.97 Å². The molecule has 1 aliphatic heterocycles. The number of carbonyl (C=O) groups is 1. The first-order valence-corrected chi connectivity index (χ1v) is 6.54. The van der Waals surface area contributed by atoms with Crippen LogP contribution in [0.5, 0.6) is 0 Å². The van der Waals surface area contributed by atoms with Crippen molar-refractivity contribution in [2.45, 2.75) is 18.9 Å². The van der Waals surface area contributed by atoms with Crippen LogP contribution in [0.2, 0.25) is 0 Å². The maximum absolute atomic E-state index is 11.0. The van der Waals surface area contributed by atoms with E-state index in [1.54, 1.807) is 0 Å². The van der Waals surface area contributed by atoms with Crippen LogP contribution < -0.4 is 10.2 Å². The van der Waals surface area contributed by atoms with E-state index in [-0.39, 0.29) is 6.61 Å². The van der Waals surface area contributed by atoms with Crippen molar-refractivity contribution in [2.24, 2.45) is 0 Å². The fourth-order valence-electron chi connectivity index (χ4n) is 2.29. The van der Waals surface area contributed by atoms with E-state index in [0.717, 1.165) is 18.8 Å². The van der Waals surface area contributed by atoms with E-state index >= 15 is 0 Å². The Morgan fingerprint density at radius 3 is 2.53 bits per heavy atom. The van der Waals surface area contributed by atoms with Crippen molar-refractivity contribution in [1.82, 2.24) is 0 Å². The number of aliphatic carboxylic acids is 1. The molecule has 5 heteroatoms. The number of ether oxygens (including phenoxy) is 1. The minimum absolute atomic E-state index is 0.142. The molecule has 0 radical (unpaired) electrons. The number of nitrogens with zero attached hydrogens (tertiary/aromatic N) is 1. The zero-order valence-corrected chi connectivity index (χ0v) is 11.1. The highest BCUT2D eigenvalue weighted by atomic mass is 16.5. The van der Waals surface area contributed by atoms with Gasteiger partial charge in [-0.3, -0.25) is 0 Å². The van der Waals surface area contributed by atoms with Crippen LogP contribution in [0.15, 0.2) is 24.3 Å². The van der Waals surface area contributed by atoms with Gasteiger partial charge in [0.25, 0.3) is 0 Å². The summed E-state index contributed by atoms with van der Waals surface area (Å²) in [5, 5.41) is 12.0. The lowest BCUT2D eigenvalue weighted by Crippen LogP contribution is -2.33. The molecule has 1 aromatic rings. The molecule has 0 aromatic heterocycles. The summed E-state index contributed by atoms with van der Waals surface area (Å²) < 4.78 is 4.89. The first-order chi connectivity index (χ1) is 9.20. The normalized spacial score (nSPS) is 16.4. The van der Waals surface area contributed by atoms with Gasteiger partial charge in [-0.05, 0) is 37.1 Å². The van der Waals surface area contributed by atoms with Crippen LogP contribution in [-0.4, -0.2) is 43.9 Å². The van der Waals surface area contributed by atoms with Gasteiger partial charge in [0.15, 0.2) is 0 Å². The molecule has 104 valence electrons. The predicted molar refractivity (Wildman–Crippen MR) is 74.8 cm³/mol. The lowest BCUT2D eigenvalue weighted by atomic mass is 10.2. The number of carboxylic acid groups (broad SMARTS) is 1. The fourth-order valence-corrected chi connectivity index (χ4v) is 2.29. The Kier molecular flexibility index (Phi) is 4.63. The Labute approximate surface area is 113 Å². The Morgan fingerprint density at radius 2 is 2.00 bits per heavy atom. The number of hydrogen-bond acceptors (Lipinski definition) is 4. The summed E-state index contributed by atoms with van der Waals surface area (Å²) >= 11 is 0. The molecule has 0 aliphatic carbocycles. The molecule has 1 aromatic carbocycles. The minimum atomic E-state index is -0.912. The molecule has 1 atom stereocenters. The quantitative estimate of drug-likeness (QED) is 0.820. The van der Waals surface area contributed by atoms with Gasteiger partial charge in [0.2, 0.25) is 0 Å². The second-order valence-corrected chi connectivity index (χ2v) is 4.73. The molecule has 1 heterocycles. The Morgan fingerprint density at radius 1 is 1.37 bits per heavy atom. The van der Waals surface area contributed by atoms with Gasteiger partial charge in [-0.25, -0.2) is 4.79 Å². The zero-order valence-electron chi connectivity index (χ0n) is 11.1. The van der Waals surface area contributed by atoms with Gasteiger partial charge in [0, 0.05) is 31.6 Å². The molecule has 1 unspecified atom stereocenters. The highest BCUT2D eigenvalue weighted by molar-refractivity contribution is 5.77. The van der Waals surface area contributed by atoms with E-state index in [2.05, 4.69) is 10.2 Å². The molecule has 1 fully saturated rings. The molecular weight excluding hydrogens is 244 g/mol. The third-order valence-corrected chi connectivity index (χ3v) is 3.31. The summed E-state index contributed by atoms with van der Waals surface area (Å²) in [6, 6.07) is 7.17. The molecule has 2 rings (SSSR count). The van der Waals surface area contributed by atoms with Crippen LogP contribution in [0.1, 0.15) is 12.8 Å². The average molecular weight is 264 g/mol. The van der Waals surface area contributed by atoms with Gasteiger partial charge < -0.3 is 20.1 Å². The maximum Gasteiger partial charge on any atom is 0.328 e. The van der Waals surface area contributed by atoms with Crippen molar-refractivity contribution < 1.29 is 14.6 Å². The Bertz CT molecular complexity index is 413. The fraction of sp³-hybridized carbons (Fsp3) is 0.500. The van der Waals surface area contributed by atoms with Crippen molar-refractivity contribution in [3.8, 4) is 0 Å². The lowest BCUT2D eigenvalue weighted by molar-refractivity contribution is -0.139. The van der Waals surface area contributed by atoms with Crippen molar-refractivity contribution in [3.05, 3.63) is 24.3 Å². The summed E-state index contributed by atoms with van der Waals surface area (Å²) in [5.74, 6) is -0.912. The molecule has 1 aliphatic rings. The first kappa shape index (κ1) is 13.7. The largest absolute Gasteiger partial charge is 0.480 e. The number of nitrogens with one attached hydrogen (secondary N) is 1. The second-order valence-electron chi connectivity index (χ2n) is 4.73. The number of hydrogen-bond donors (Lipinski definition) is 2. The van der Waals surface area contributed by atoms with Crippen LogP contribution in [0.3, 0.4) is 0 Å². The van der Waals surface area contributed by atoms with Gasteiger partial charge in [-0.2, -0.15) is 0 Å². The van der Waals surface area contributed by atoms with Crippen molar-refractivity contribution >= 4 is 17.3 Å². The second kappa shape index (κ2) is 6.43. The molecule has 0 amide bonds. The number of carboxylic acids is 1.